The molecule has 26 heavy (non-hydrogen) atoms. The standard InChI is InChI=1S/C21H22N4S/c1-24-13-17(12-15-8-4-2-5-9-15)19-18(14-24)20(25(23-19)21(22)26)16-10-6-3-7-11-16/h2-12,18,20H,13-14H2,1H3,(H2,22,26)/b17-12+/t18-,20+/m1/s1. The average Bonchev–Trinajstić information content (AvgIpc) is 3.03. The van der Waals surface area contributed by atoms with Gasteiger partial charge in [-0.05, 0) is 42.0 Å². The molecule has 2 heterocycles. The quantitative estimate of drug-likeness (QED) is 0.833. The van der Waals surface area contributed by atoms with Gasteiger partial charge in [0.05, 0.1) is 11.8 Å². The van der Waals surface area contributed by atoms with Crippen LogP contribution in [0.15, 0.2) is 71.3 Å². The van der Waals surface area contributed by atoms with E-state index in [0.29, 0.717) is 5.11 Å². The topological polar surface area (TPSA) is 44.9 Å². The first kappa shape index (κ1) is 16.9. The molecule has 2 aliphatic rings. The van der Waals surface area contributed by atoms with E-state index in [-0.39, 0.29) is 12.0 Å². The van der Waals surface area contributed by atoms with Crippen molar-refractivity contribution in [1.82, 2.24) is 9.91 Å². The summed E-state index contributed by atoms with van der Waals surface area (Å²) in [6, 6.07) is 20.8. The third-order valence-corrected chi connectivity index (χ3v) is 5.18. The van der Waals surface area contributed by atoms with Gasteiger partial charge >= 0.3 is 0 Å². The molecule has 4 rings (SSSR count). The van der Waals surface area contributed by atoms with Crippen LogP contribution in [0.25, 0.3) is 6.08 Å². The molecular weight excluding hydrogens is 340 g/mol. The number of hydrazone groups is 1. The van der Waals surface area contributed by atoms with Crippen molar-refractivity contribution in [1.29, 1.82) is 0 Å². The summed E-state index contributed by atoms with van der Waals surface area (Å²) >= 11 is 5.32. The van der Waals surface area contributed by atoms with E-state index in [1.54, 1.807) is 0 Å². The molecule has 0 aliphatic carbocycles. The Bertz CT molecular complexity index is 860. The monoisotopic (exact) mass is 362 g/mol. The lowest BCUT2D eigenvalue weighted by atomic mass is 9.83. The normalized spacial score (nSPS) is 24.4. The summed E-state index contributed by atoms with van der Waals surface area (Å²) in [5, 5.41) is 7.01. The van der Waals surface area contributed by atoms with Gasteiger partial charge in [-0.1, -0.05) is 60.7 Å². The second-order valence-corrected chi connectivity index (χ2v) is 7.33. The van der Waals surface area contributed by atoms with Crippen LogP contribution in [0.3, 0.4) is 0 Å². The highest BCUT2D eigenvalue weighted by Crippen LogP contribution is 2.40. The average molecular weight is 363 g/mol. The summed E-state index contributed by atoms with van der Waals surface area (Å²) in [5.41, 5.74) is 10.7. The number of hydrogen-bond donors (Lipinski definition) is 1. The lowest BCUT2D eigenvalue weighted by Gasteiger charge is -2.34. The van der Waals surface area contributed by atoms with Crippen LogP contribution in [0.2, 0.25) is 0 Å². The van der Waals surface area contributed by atoms with E-state index < -0.39 is 0 Å². The Hall–Kier alpha value is -2.50. The highest BCUT2D eigenvalue weighted by Gasteiger charge is 2.43. The molecule has 1 fully saturated rings. The zero-order valence-corrected chi connectivity index (χ0v) is 15.6. The molecule has 4 nitrogen and oxygen atoms in total. The fraction of sp³-hybridized carbons (Fsp3) is 0.238. The Labute approximate surface area is 159 Å². The molecule has 0 unspecified atom stereocenters. The van der Waals surface area contributed by atoms with E-state index in [9.17, 15) is 0 Å². The Balaban J connectivity index is 1.77. The van der Waals surface area contributed by atoms with Crippen LogP contribution in [0.5, 0.6) is 0 Å². The number of nitrogens with two attached hydrogens (primary N) is 1. The maximum Gasteiger partial charge on any atom is 0.187 e. The summed E-state index contributed by atoms with van der Waals surface area (Å²) in [6.07, 6.45) is 2.23. The van der Waals surface area contributed by atoms with Crippen molar-refractivity contribution >= 4 is 29.1 Å². The summed E-state index contributed by atoms with van der Waals surface area (Å²) < 4.78 is 0. The van der Waals surface area contributed by atoms with Crippen molar-refractivity contribution in [2.45, 2.75) is 6.04 Å². The van der Waals surface area contributed by atoms with Gasteiger partial charge in [-0.25, -0.2) is 5.01 Å². The van der Waals surface area contributed by atoms with E-state index in [1.165, 1.54) is 16.7 Å². The minimum atomic E-state index is 0.0469. The van der Waals surface area contributed by atoms with Gasteiger partial charge in [0.25, 0.3) is 0 Å². The van der Waals surface area contributed by atoms with E-state index >= 15 is 0 Å². The minimum absolute atomic E-state index is 0.0469. The van der Waals surface area contributed by atoms with Gasteiger partial charge in [0.15, 0.2) is 5.11 Å². The van der Waals surface area contributed by atoms with Gasteiger partial charge in [0.2, 0.25) is 0 Å². The van der Waals surface area contributed by atoms with Crippen molar-refractivity contribution in [3.63, 3.8) is 0 Å². The molecule has 0 saturated carbocycles. The molecule has 0 bridgehead atoms. The molecule has 5 heteroatoms. The van der Waals surface area contributed by atoms with Crippen molar-refractivity contribution < 1.29 is 0 Å². The van der Waals surface area contributed by atoms with Crippen molar-refractivity contribution in [3.05, 3.63) is 77.4 Å². The van der Waals surface area contributed by atoms with Gasteiger partial charge in [-0.2, -0.15) is 5.10 Å². The third kappa shape index (κ3) is 3.16. The lowest BCUT2D eigenvalue weighted by molar-refractivity contribution is 0.249. The van der Waals surface area contributed by atoms with E-state index in [4.69, 9.17) is 23.1 Å². The molecule has 2 aromatic rings. The molecule has 0 aromatic heterocycles. The fourth-order valence-corrected chi connectivity index (χ4v) is 4.07. The molecule has 0 spiro atoms. The first-order chi connectivity index (χ1) is 12.6. The number of likely N-dealkylation sites (tertiary alicyclic amines) is 1. The number of piperidine rings is 1. The highest BCUT2D eigenvalue weighted by molar-refractivity contribution is 7.80. The first-order valence-electron chi connectivity index (χ1n) is 8.80. The molecular formula is C21H22N4S. The Morgan fingerprint density at radius 1 is 1.12 bits per heavy atom. The molecule has 2 atom stereocenters. The lowest BCUT2D eigenvalue weighted by Crippen LogP contribution is -2.42. The number of thiocarbonyl (C=S) groups is 1. The largest absolute Gasteiger partial charge is 0.375 e. The van der Waals surface area contributed by atoms with Crippen LogP contribution in [0, 0.1) is 5.92 Å². The molecule has 132 valence electrons. The number of hydrogen-bond acceptors (Lipinski definition) is 3. The smallest absolute Gasteiger partial charge is 0.187 e. The van der Waals surface area contributed by atoms with Crippen LogP contribution in [0.4, 0.5) is 0 Å². The third-order valence-electron chi connectivity index (χ3n) is 5.00. The summed E-state index contributed by atoms with van der Waals surface area (Å²) in [5.74, 6) is 0.243. The van der Waals surface area contributed by atoms with Gasteiger partial charge in [0.1, 0.15) is 0 Å². The minimum Gasteiger partial charge on any atom is -0.375 e. The van der Waals surface area contributed by atoms with E-state index in [0.717, 1.165) is 18.8 Å². The maximum atomic E-state index is 6.03. The molecule has 2 aliphatic heterocycles. The number of rotatable bonds is 2. The Morgan fingerprint density at radius 2 is 1.77 bits per heavy atom. The van der Waals surface area contributed by atoms with Crippen molar-refractivity contribution in [2.75, 3.05) is 20.1 Å². The van der Waals surface area contributed by atoms with Gasteiger partial charge in [-0.3, -0.25) is 0 Å². The molecule has 0 radical (unpaired) electrons. The predicted molar refractivity (Wildman–Crippen MR) is 111 cm³/mol. The van der Waals surface area contributed by atoms with Crippen LogP contribution in [-0.2, 0) is 0 Å². The number of likely N-dealkylation sites (N-methyl/N-ethyl adjacent to an activating group) is 1. The van der Waals surface area contributed by atoms with Gasteiger partial charge in [0, 0.05) is 19.0 Å². The highest BCUT2D eigenvalue weighted by atomic mass is 32.1. The van der Waals surface area contributed by atoms with Gasteiger partial charge < -0.3 is 10.6 Å². The fourth-order valence-electron chi connectivity index (χ4n) is 3.91. The zero-order valence-electron chi connectivity index (χ0n) is 14.7. The van der Waals surface area contributed by atoms with Gasteiger partial charge in [-0.15, -0.1) is 0 Å². The van der Waals surface area contributed by atoms with Crippen LogP contribution in [0.1, 0.15) is 17.2 Å². The maximum absolute atomic E-state index is 6.03. The van der Waals surface area contributed by atoms with E-state index in [1.807, 2.05) is 17.1 Å². The number of nitrogens with zero attached hydrogens (tertiary/aromatic N) is 3. The first-order valence-corrected chi connectivity index (χ1v) is 9.21. The van der Waals surface area contributed by atoms with Crippen molar-refractivity contribution in [2.24, 2.45) is 16.8 Å². The summed E-state index contributed by atoms with van der Waals surface area (Å²) in [6.45, 7) is 1.81. The molecule has 1 saturated heterocycles. The SMILES string of the molecule is CN1C/C(=C\c2ccccc2)C2=NN(C(N)=S)[C@@H](c3ccccc3)[C@@H]2C1. The second-order valence-electron chi connectivity index (χ2n) is 6.91. The van der Waals surface area contributed by atoms with Crippen LogP contribution < -0.4 is 5.73 Å². The summed E-state index contributed by atoms with van der Waals surface area (Å²) in [7, 11) is 2.15. The number of benzene rings is 2. The molecule has 2 N–H and O–H groups in total. The Kier molecular flexibility index (Phi) is 4.57. The molecule has 2 aromatic carbocycles. The number of fused-ring (bicyclic) bond motifs is 1. The predicted octanol–water partition coefficient (Wildman–Crippen LogP) is 3.29. The summed E-state index contributed by atoms with van der Waals surface area (Å²) in [4.78, 5) is 2.34. The van der Waals surface area contributed by atoms with E-state index in [2.05, 4.69) is 66.6 Å². The Morgan fingerprint density at radius 3 is 2.42 bits per heavy atom. The van der Waals surface area contributed by atoms with Crippen molar-refractivity contribution in [3.8, 4) is 0 Å². The second kappa shape index (κ2) is 7.02. The van der Waals surface area contributed by atoms with Crippen LogP contribution >= 0.6 is 12.2 Å². The zero-order chi connectivity index (χ0) is 18.1. The van der Waals surface area contributed by atoms with Crippen LogP contribution in [-0.4, -0.2) is 40.9 Å². The molecule has 0 amide bonds.